The van der Waals surface area contributed by atoms with Crippen molar-refractivity contribution in [3.63, 3.8) is 0 Å². The van der Waals surface area contributed by atoms with Gasteiger partial charge in [0.05, 0.1) is 10.6 Å². The topological polar surface area (TPSA) is 63.1 Å². The van der Waals surface area contributed by atoms with Crippen molar-refractivity contribution in [2.45, 2.75) is 0 Å². The summed E-state index contributed by atoms with van der Waals surface area (Å²) >= 11 is 5.75. The van der Waals surface area contributed by atoms with Gasteiger partial charge in [-0.2, -0.15) is 0 Å². The lowest BCUT2D eigenvalue weighted by Gasteiger charge is -2.07. The molecule has 92 valence electrons. The summed E-state index contributed by atoms with van der Waals surface area (Å²) in [6.07, 6.45) is 0.838. The van der Waals surface area contributed by atoms with E-state index >= 15 is 0 Å². The maximum atomic E-state index is 13.8. The van der Waals surface area contributed by atoms with Gasteiger partial charge in [0.25, 0.3) is 0 Å². The minimum absolute atomic E-state index is 0.0658. The fourth-order valence-corrected chi connectivity index (χ4v) is 1.67. The van der Waals surface area contributed by atoms with Crippen LogP contribution in [-0.2, 0) is 0 Å². The minimum Gasteiger partial charge on any atom is -0.476 e. The molecule has 1 heterocycles. The first-order valence-electron chi connectivity index (χ1n) is 4.70. The zero-order chi connectivity index (χ0) is 13.3. The van der Waals surface area contributed by atoms with Crippen LogP contribution in [-0.4, -0.2) is 21.0 Å². The summed E-state index contributed by atoms with van der Waals surface area (Å²) in [5.41, 5.74) is -1.61. The van der Waals surface area contributed by atoms with Crippen molar-refractivity contribution in [2.75, 3.05) is 0 Å². The van der Waals surface area contributed by atoms with Crippen molar-refractivity contribution in [3.05, 3.63) is 46.9 Å². The Kier molecular flexibility index (Phi) is 3.20. The molecule has 0 bridgehead atoms. The van der Waals surface area contributed by atoms with E-state index in [1.54, 1.807) is 0 Å². The molecule has 0 unspecified atom stereocenters. The van der Waals surface area contributed by atoms with Gasteiger partial charge in [0.15, 0.2) is 11.5 Å². The van der Waals surface area contributed by atoms with Crippen LogP contribution in [0.3, 0.4) is 0 Å². The summed E-state index contributed by atoms with van der Waals surface area (Å²) in [5, 5.41) is 8.65. The Balaban J connectivity index is 2.73. The fraction of sp³-hybridized carbons (Fsp3) is 0. The van der Waals surface area contributed by atoms with Gasteiger partial charge in [0.2, 0.25) is 0 Å². The summed E-state index contributed by atoms with van der Waals surface area (Å²) in [6, 6.07) is 3.77. The average molecular weight is 271 g/mol. The van der Waals surface area contributed by atoms with Gasteiger partial charge in [0.1, 0.15) is 17.8 Å². The van der Waals surface area contributed by atoms with E-state index in [0.29, 0.717) is 0 Å². The van der Waals surface area contributed by atoms with Crippen LogP contribution in [0.5, 0.6) is 0 Å². The van der Waals surface area contributed by atoms with Gasteiger partial charge in [-0.15, -0.1) is 0 Å². The van der Waals surface area contributed by atoms with E-state index in [0.717, 1.165) is 12.4 Å². The molecule has 1 aromatic heterocycles. The van der Waals surface area contributed by atoms with Crippen LogP contribution in [0, 0.1) is 11.6 Å². The van der Waals surface area contributed by atoms with Gasteiger partial charge in [0, 0.05) is 0 Å². The Morgan fingerprint density at radius 3 is 2.61 bits per heavy atom. The lowest BCUT2D eigenvalue weighted by Crippen LogP contribution is -2.07. The maximum absolute atomic E-state index is 13.8. The molecule has 0 aliphatic heterocycles. The number of rotatable bonds is 2. The second kappa shape index (κ2) is 4.66. The molecule has 18 heavy (non-hydrogen) atoms. The number of hydrogen-bond donors (Lipinski definition) is 1. The highest BCUT2D eigenvalue weighted by atomic mass is 35.5. The highest BCUT2D eigenvalue weighted by molar-refractivity contribution is 6.33. The third-order valence-electron chi connectivity index (χ3n) is 2.19. The molecule has 0 spiro atoms. The molecule has 0 atom stereocenters. The summed E-state index contributed by atoms with van der Waals surface area (Å²) < 4.78 is 27.4. The summed E-state index contributed by atoms with van der Waals surface area (Å²) in [6.45, 7) is 0. The molecule has 0 aliphatic rings. The highest BCUT2D eigenvalue weighted by Crippen LogP contribution is 2.31. The molecule has 2 rings (SSSR count). The Bertz CT molecular complexity index is 614. The molecule has 7 heteroatoms. The molecule has 2 aromatic rings. The number of aromatic nitrogens is 2. The van der Waals surface area contributed by atoms with Gasteiger partial charge < -0.3 is 5.11 Å². The first-order valence-corrected chi connectivity index (χ1v) is 5.08. The van der Waals surface area contributed by atoms with Crippen LogP contribution in [0.1, 0.15) is 10.5 Å². The molecular weight excluding hydrogens is 266 g/mol. The van der Waals surface area contributed by atoms with Crippen LogP contribution < -0.4 is 0 Å². The minimum atomic E-state index is -1.57. The first kappa shape index (κ1) is 12.4. The maximum Gasteiger partial charge on any atom is 0.357 e. The number of nitrogens with zero attached hydrogens (tertiary/aromatic N) is 2. The van der Waals surface area contributed by atoms with Crippen molar-refractivity contribution < 1.29 is 18.7 Å². The van der Waals surface area contributed by atoms with Crippen molar-refractivity contribution in [3.8, 4) is 11.3 Å². The molecule has 0 radical (unpaired) electrons. The molecule has 0 saturated heterocycles. The third-order valence-corrected chi connectivity index (χ3v) is 2.51. The van der Waals surface area contributed by atoms with Crippen molar-refractivity contribution in [1.29, 1.82) is 0 Å². The zero-order valence-electron chi connectivity index (χ0n) is 8.69. The van der Waals surface area contributed by atoms with Crippen LogP contribution >= 0.6 is 11.6 Å². The van der Waals surface area contributed by atoms with E-state index in [2.05, 4.69) is 9.97 Å². The van der Waals surface area contributed by atoms with Gasteiger partial charge in [-0.1, -0.05) is 17.7 Å². The summed E-state index contributed by atoms with van der Waals surface area (Å²) in [4.78, 5) is 17.5. The molecule has 0 saturated carbocycles. The monoisotopic (exact) mass is 270 g/mol. The van der Waals surface area contributed by atoms with E-state index in [1.807, 2.05) is 0 Å². The van der Waals surface area contributed by atoms with E-state index in [1.165, 1.54) is 12.1 Å². The number of halogens is 3. The van der Waals surface area contributed by atoms with E-state index in [9.17, 15) is 13.6 Å². The van der Waals surface area contributed by atoms with Crippen LogP contribution in [0.2, 0.25) is 5.02 Å². The Morgan fingerprint density at radius 2 is 2.00 bits per heavy atom. The second-order valence-corrected chi connectivity index (χ2v) is 3.69. The van der Waals surface area contributed by atoms with Gasteiger partial charge >= 0.3 is 5.97 Å². The van der Waals surface area contributed by atoms with Crippen molar-refractivity contribution >= 4 is 17.6 Å². The second-order valence-electron chi connectivity index (χ2n) is 3.29. The Hall–Kier alpha value is -2.08. The average Bonchev–Trinajstić information content (AvgIpc) is 2.30. The number of hydrogen-bond acceptors (Lipinski definition) is 3. The van der Waals surface area contributed by atoms with E-state index in [4.69, 9.17) is 16.7 Å². The van der Waals surface area contributed by atoms with Crippen molar-refractivity contribution in [2.24, 2.45) is 0 Å². The standard InChI is InChI=1S/C11H5ClF2N2O2/c12-5-2-1-3-6(13)7(5)9-8(14)10(11(17)18)16-4-15-9/h1-4H,(H,17,18). The SMILES string of the molecule is O=C(O)c1ncnc(-c2c(F)cccc2Cl)c1F. The lowest BCUT2D eigenvalue weighted by atomic mass is 10.1. The zero-order valence-corrected chi connectivity index (χ0v) is 9.45. The molecule has 0 fully saturated rings. The molecule has 0 amide bonds. The quantitative estimate of drug-likeness (QED) is 0.911. The number of benzene rings is 1. The molecule has 4 nitrogen and oxygen atoms in total. The number of carboxylic acids is 1. The molecule has 1 aromatic carbocycles. The predicted molar refractivity (Wildman–Crippen MR) is 59.4 cm³/mol. The van der Waals surface area contributed by atoms with E-state index in [-0.39, 0.29) is 10.6 Å². The van der Waals surface area contributed by atoms with E-state index < -0.39 is 29.0 Å². The number of carbonyl (C=O) groups is 1. The first-order chi connectivity index (χ1) is 8.52. The van der Waals surface area contributed by atoms with Crippen LogP contribution in [0.15, 0.2) is 24.5 Å². The number of aromatic carboxylic acids is 1. The molecular formula is C11H5ClF2N2O2. The summed E-state index contributed by atoms with van der Waals surface area (Å²) in [5.74, 6) is -3.59. The molecule has 0 aliphatic carbocycles. The largest absolute Gasteiger partial charge is 0.476 e. The Labute approximate surface area is 105 Å². The lowest BCUT2D eigenvalue weighted by molar-refractivity contribution is 0.0684. The normalized spacial score (nSPS) is 10.4. The van der Waals surface area contributed by atoms with Gasteiger partial charge in [-0.05, 0) is 12.1 Å². The smallest absolute Gasteiger partial charge is 0.357 e. The van der Waals surface area contributed by atoms with Crippen molar-refractivity contribution in [1.82, 2.24) is 9.97 Å². The van der Waals surface area contributed by atoms with Crippen LogP contribution in [0.25, 0.3) is 11.3 Å². The predicted octanol–water partition coefficient (Wildman–Crippen LogP) is 2.77. The third kappa shape index (κ3) is 2.02. The number of carboxylic acid groups (broad SMARTS) is 1. The van der Waals surface area contributed by atoms with Gasteiger partial charge in [-0.3, -0.25) is 0 Å². The van der Waals surface area contributed by atoms with Crippen LogP contribution in [0.4, 0.5) is 8.78 Å². The highest BCUT2D eigenvalue weighted by Gasteiger charge is 2.21. The van der Waals surface area contributed by atoms with Gasteiger partial charge in [-0.25, -0.2) is 23.5 Å². The fourth-order valence-electron chi connectivity index (χ4n) is 1.42. The summed E-state index contributed by atoms with van der Waals surface area (Å²) in [7, 11) is 0. The molecule has 1 N–H and O–H groups in total. The Morgan fingerprint density at radius 1 is 1.28 bits per heavy atom.